The van der Waals surface area contributed by atoms with Crippen molar-refractivity contribution < 1.29 is 14.3 Å². The zero-order chi connectivity index (χ0) is 24.6. The highest BCUT2D eigenvalue weighted by atomic mass is 16.5. The van der Waals surface area contributed by atoms with Crippen LogP contribution in [0, 0.1) is 6.92 Å². The molecule has 0 fully saturated rings. The molecule has 1 heterocycles. The summed E-state index contributed by atoms with van der Waals surface area (Å²) in [5, 5.41) is 5.01. The number of fused-ring (bicyclic) bond motifs is 4. The van der Waals surface area contributed by atoms with Gasteiger partial charge in [0, 0.05) is 10.8 Å². The third-order valence-corrected chi connectivity index (χ3v) is 6.58. The molecule has 4 heteroatoms. The van der Waals surface area contributed by atoms with Crippen molar-refractivity contribution in [2.24, 2.45) is 0 Å². The second-order valence-corrected chi connectivity index (χ2v) is 8.76. The van der Waals surface area contributed by atoms with Crippen molar-refractivity contribution in [3.63, 3.8) is 0 Å². The molecule has 0 aliphatic rings. The Morgan fingerprint density at radius 2 is 1.36 bits per heavy atom. The highest BCUT2D eigenvalue weighted by Gasteiger charge is 2.21. The van der Waals surface area contributed by atoms with Crippen LogP contribution in [-0.2, 0) is 0 Å². The van der Waals surface area contributed by atoms with Gasteiger partial charge in [0.1, 0.15) is 11.5 Å². The molecule has 0 aliphatic heterocycles. The van der Waals surface area contributed by atoms with Crippen LogP contribution < -0.4 is 9.47 Å². The van der Waals surface area contributed by atoms with E-state index in [-0.39, 0.29) is 0 Å². The molecule has 0 atom stereocenters. The number of hydrogen-bond acceptors (Lipinski definition) is 4. The number of carbonyl (C=O) groups is 1. The van der Waals surface area contributed by atoms with E-state index in [9.17, 15) is 4.79 Å². The first-order valence-corrected chi connectivity index (χ1v) is 11.8. The molecular formula is C32H23NO3. The predicted molar refractivity (Wildman–Crippen MR) is 145 cm³/mol. The minimum atomic E-state index is -0.434. The molecule has 174 valence electrons. The van der Waals surface area contributed by atoms with Crippen LogP contribution in [0.2, 0.25) is 0 Å². The number of benzene rings is 5. The van der Waals surface area contributed by atoms with Gasteiger partial charge in [-0.1, -0.05) is 72.8 Å². The van der Waals surface area contributed by atoms with Gasteiger partial charge >= 0.3 is 5.97 Å². The van der Waals surface area contributed by atoms with Crippen molar-refractivity contribution in [3.05, 3.63) is 114 Å². The second kappa shape index (κ2) is 8.82. The van der Waals surface area contributed by atoms with Gasteiger partial charge in [0.25, 0.3) is 0 Å². The number of para-hydroxylation sites is 1. The Morgan fingerprint density at radius 1 is 0.694 bits per heavy atom. The standard InChI is InChI=1S/C32H23NO3/c1-20-8-7-9-21-16-19-28(33-30(20)21)29-26-12-5-3-10-24(26)25-11-4-6-13-27(25)31(29)36-32(34)22-14-17-23(35-2)18-15-22/h3-19H,1-2H3. The fraction of sp³-hybridized carbons (Fsp3) is 0.0625. The Bertz CT molecular complexity index is 1770. The predicted octanol–water partition coefficient (Wildman–Crippen LogP) is 7.74. The summed E-state index contributed by atoms with van der Waals surface area (Å²) in [5.41, 5.74) is 4.03. The topological polar surface area (TPSA) is 48.4 Å². The summed E-state index contributed by atoms with van der Waals surface area (Å²) in [6.07, 6.45) is 0. The molecular weight excluding hydrogens is 446 g/mol. The summed E-state index contributed by atoms with van der Waals surface area (Å²) in [6, 6.07) is 33.4. The number of aromatic nitrogens is 1. The molecule has 0 radical (unpaired) electrons. The van der Waals surface area contributed by atoms with E-state index >= 15 is 0 Å². The number of nitrogens with zero attached hydrogens (tertiary/aromatic N) is 1. The van der Waals surface area contributed by atoms with Gasteiger partial charge < -0.3 is 9.47 Å². The molecule has 36 heavy (non-hydrogen) atoms. The summed E-state index contributed by atoms with van der Waals surface area (Å²) < 4.78 is 11.4. The number of aryl methyl sites for hydroxylation is 1. The van der Waals surface area contributed by atoms with E-state index in [2.05, 4.69) is 43.3 Å². The lowest BCUT2D eigenvalue weighted by Crippen LogP contribution is -2.10. The lowest BCUT2D eigenvalue weighted by Gasteiger charge is -2.17. The van der Waals surface area contributed by atoms with Crippen molar-refractivity contribution in [2.45, 2.75) is 6.92 Å². The summed E-state index contributed by atoms with van der Waals surface area (Å²) in [4.78, 5) is 18.4. The molecule has 5 aromatic carbocycles. The third kappa shape index (κ3) is 3.64. The van der Waals surface area contributed by atoms with Crippen LogP contribution in [0.1, 0.15) is 15.9 Å². The van der Waals surface area contributed by atoms with Gasteiger partial charge in [-0.2, -0.15) is 0 Å². The van der Waals surface area contributed by atoms with Crippen LogP contribution in [0.3, 0.4) is 0 Å². The van der Waals surface area contributed by atoms with Gasteiger partial charge in [-0.05, 0) is 59.0 Å². The smallest absolute Gasteiger partial charge is 0.343 e. The van der Waals surface area contributed by atoms with Gasteiger partial charge in [-0.15, -0.1) is 0 Å². The minimum Gasteiger partial charge on any atom is -0.497 e. The molecule has 0 saturated heterocycles. The van der Waals surface area contributed by atoms with Crippen molar-refractivity contribution in [1.29, 1.82) is 0 Å². The van der Waals surface area contributed by atoms with E-state index in [1.807, 2.05) is 42.5 Å². The van der Waals surface area contributed by atoms with Crippen LogP contribution >= 0.6 is 0 Å². The summed E-state index contributed by atoms with van der Waals surface area (Å²) in [7, 11) is 1.60. The van der Waals surface area contributed by atoms with Gasteiger partial charge in [0.05, 0.1) is 29.4 Å². The Labute approximate surface area is 208 Å². The van der Waals surface area contributed by atoms with Crippen molar-refractivity contribution in [2.75, 3.05) is 7.11 Å². The highest BCUT2D eigenvalue weighted by molar-refractivity contribution is 6.18. The number of ether oxygens (including phenoxy) is 2. The first kappa shape index (κ1) is 21.8. The Morgan fingerprint density at radius 3 is 2.08 bits per heavy atom. The third-order valence-electron chi connectivity index (χ3n) is 6.58. The summed E-state index contributed by atoms with van der Waals surface area (Å²) in [5.74, 6) is 0.751. The lowest BCUT2D eigenvalue weighted by atomic mass is 9.93. The molecule has 0 N–H and O–H groups in total. The zero-order valence-electron chi connectivity index (χ0n) is 20.0. The average Bonchev–Trinajstić information content (AvgIpc) is 2.93. The average molecular weight is 470 g/mol. The molecule has 0 spiro atoms. The van der Waals surface area contributed by atoms with E-state index in [0.29, 0.717) is 17.1 Å². The molecule has 6 aromatic rings. The van der Waals surface area contributed by atoms with E-state index in [1.165, 1.54) is 0 Å². The number of methoxy groups -OCH3 is 1. The maximum Gasteiger partial charge on any atom is 0.343 e. The van der Waals surface area contributed by atoms with E-state index < -0.39 is 5.97 Å². The molecule has 1 aromatic heterocycles. The Hall–Kier alpha value is -4.70. The van der Waals surface area contributed by atoms with E-state index in [1.54, 1.807) is 31.4 Å². The van der Waals surface area contributed by atoms with Crippen molar-refractivity contribution in [1.82, 2.24) is 4.98 Å². The van der Waals surface area contributed by atoms with Crippen molar-refractivity contribution >= 4 is 38.4 Å². The number of hydrogen-bond donors (Lipinski definition) is 0. The van der Waals surface area contributed by atoms with Crippen molar-refractivity contribution in [3.8, 4) is 22.8 Å². The van der Waals surface area contributed by atoms with Crippen LogP contribution in [-0.4, -0.2) is 18.1 Å². The molecule has 0 saturated carbocycles. The first-order valence-electron chi connectivity index (χ1n) is 11.8. The number of carbonyl (C=O) groups excluding carboxylic acids is 1. The van der Waals surface area contributed by atoms with Crippen LogP contribution in [0.15, 0.2) is 103 Å². The molecule has 4 nitrogen and oxygen atoms in total. The maximum atomic E-state index is 13.4. The summed E-state index contributed by atoms with van der Waals surface area (Å²) >= 11 is 0. The minimum absolute atomic E-state index is 0.434. The zero-order valence-corrected chi connectivity index (χ0v) is 20.0. The SMILES string of the molecule is COc1ccc(C(=O)Oc2c(-c3ccc4cccc(C)c4n3)c3ccccc3c3ccccc23)cc1. The number of rotatable bonds is 4. The maximum absolute atomic E-state index is 13.4. The van der Waals surface area contributed by atoms with E-state index in [4.69, 9.17) is 14.5 Å². The van der Waals surface area contributed by atoms with Crippen LogP contribution in [0.25, 0.3) is 43.7 Å². The molecule has 0 bridgehead atoms. The second-order valence-electron chi connectivity index (χ2n) is 8.76. The van der Waals surface area contributed by atoms with Gasteiger partial charge in [0.15, 0.2) is 0 Å². The quantitative estimate of drug-likeness (QED) is 0.150. The molecule has 0 unspecified atom stereocenters. The fourth-order valence-corrected chi connectivity index (χ4v) is 4.78. The number of esters is 1. The first-order chi connectivity index (χ1) is 17.6. The monoisotopic (exact) mass is 469 g/mol. The molecule has 6 rings (SSSR count). The van der Waals surface area contributed by atoms with E-state index in [0.717, 1.165) is 49.3 Å². The number of pyridine rings is 1. The van der Waals surface area contributed by atoms with Gasteiger partial charge in [-0.25, -0.2) is 9.78 Å². The normalized spacial score (nSPS) is 11.2. The fourth-order valence-electron chi connectivity index (χ4n) is 4.78. The Kier molecular flexibility index (Phi) is 5.34. The Balaban J connectivity index is 1.63. The summed E-state index contributed by atoms with van der Waals surface area (Å²) in [6.45, 7) is 2.06. The largest absolute Gasteiger partial charge is 0.497 e. The van der Waals surface area contributed by atoms with Crippen LogP contribution in [0.4, 0.5) is 0 Å². The van der Waals surface area contributed by atoms with Gasteiger partial charge in [-0.3, -0.25) is 0 Å². The molecule has 0 aliphatic carbocycles. The lowest BCUT2D eigenvalue weighted by molar-refractivity contribution is 0.0738. The van der Waals surface area contributed by atoms with Crippen LogP contribution in [0.5, 0.6) is 11.5 Å². The van der Waals surface area contributed by atoms with Gasteiger partial charge in [0.2, 0.25) is 0 Å². The highest BCUT2D eigenvalue weighted by Crippen LogP contribution is 2.44. The molecule has 0 amide bonds.